The maximum absolute atomic E-state index is 11.3. The van der Waals surface area contributed by atoms with Crippen LogP contribution in [0, 0.1) is 0 Å². The first-order valence-corrected chi connectivity index (χ1v) is 6.57. The Hall–Kier alpha value is -1.80. The Kier molecular flexibility index (Phi) is 2.91. The van der Waals surface area contributed by atoms with Crippen molar-refractivity contribution < 1.29 is 27.8 Å². The van der Waals surface area contributed by atoms with Gasteiger partial charge in [-0.1, -0.05) is 0 Å². The molecule has 1 unspecified atom stereocenters. The highest BCUT2D eigenvalue weighted by atomic mass is 32.2. The van der Waals surface area contributed by atoms with Crippen LogP contribution in [0.2, 0.25) is 0 Å². The van der Waals surface area contributed by atoms with E-state index < -0.39 is 16.0 Å². The van der Waals surface area contributed by atoms with Gasteiger partial charge in [0.05, 0.1) is 4.90 Å². The van der Waals surface area contributed by atoms with Gasteiger partial charge in [0.15, 0.2) is 11.5 Å². The number of sulfonamides is 1. The molecule has 0 aromatic heterocycles. The molecule has 0 spiro atoms. The lowest BCUT2D eigenvalue weighted by molar-refractivity contribution is 0.0669. The lowest BCUT2D eigenvalue weighted by Gasteiger charge is -2.25. The molecule has 1 aromatic carbocycles. The second kappa shape index (κ2) is 4.14. The summed E-state index contributed by atoms with van der Waals surface area (Å²) in [6.07, 6.45) is -0.296. The van der Waals surface area contributed by atoms with E-state index in [0.29, 0.717) is 0 Å². The maximum Gasteiger partial charge on any atom is 0.339 e. The number of aromatic carboxylic acids is 1. The molecule has 1 atom stereocenters. The highest BCUT2D eigenvalue weighted by molar-refractivity contribution is 7.89. The van der Waals surface area contributed by atoms with Crippen molar-refractivity contribution in [2.24, 2.45) is 5.14 Å². The molecule has 3 N–H and O–H groups in total. The number of benzene rings is 1. The summed E-state index contributed by atoms with van der Waals surface area (Å²) >= 11 is 0. The predicted octanol–water partition coefficient (Wildman–Crippen LogP) is 0.192. The fraction of sp³-hybridized carbons (Fsp3) is 0.300. The summed E-state index contributed by atoms with van der Waals surface area (Å²) in [5.74, 6) is -1.22. The first kappa shape index (κ1) is 12.7. The van der Waals surface area contributed by atoms with E-state index >= 15 is 0 Å². The molecular weight excluding hydrogens is 262 g/mol. The SMILES string of the molecule is CC1COc2c(cc(S(N)(=O)=O)cc2C(=O)O)O1. The standard InChI is InChI=1S/C10H11NO6S/c1-5-4-16-9-7(10(12)13)2-6(18(11,14)15)3-8(9)17-5/h2-3,5H,4H2,1H3,(H,12,13)(H2,11,14,15). The summed E-state index contributed by atoms with van der Waals surface area (Å²) in [5, 5.41) is 14.0. The summed E-state index contributed by atoms with van der Waals surface area (Å²) < 4.78 is 33.1. The van der Waals surface area contributed by atoms with Crippen molar-refractivity contribution in [3.63, 3.8) is 0 Å². The van der Waals surface area contributed by atoms with E-state index in [-0.39, 0.29) is 34.7 Å². The molecule has 1 heterocycles. The van der Waals surface area contributed by atoms with E-state index in [1.165, 1.54) is 0 Å². The van der Waals surface area contributed by atoms with Crippen molar-refractivity contribution in [1.29, 1.82) is 0 Å². The number of nitrogens with two attached hydrogens (primary N) is 1. The molecular formula is C10H11NO6S. The number of primary sulfonamides is 1. The number of hydrogen-bond acceptors (Lipinski definition) is 5. The minimum atomic E-state index is -4.01. The Labute approximate surface area is 103 Å². The van der Waals surface area contributed by atoms with E-state index in [1.807, 2.05) is 0 Å². The third-order valence-electron chi connectivity index (χ3n) is 2.38. The molecule has 18 heavy (non-hydrogen) atoms. The molecule has 0 bridgehead atoms. The molecule has 0 radical (unpaired) electrons. The second-order valence-corrected chi connectivity index (χ2v) is 5.45. The summed E-state index contributed by atoms with van der Waals surface area (Å²) in [6, 6.07) is 2.11. The van der Waals surface area contributed by atoms with Gasteiger partial charge >= 0.3 is 5.97 Å². The lowest BCUT2D eigenvalue weighted by Crippen LogP contribution is -2.27. The smallest absolute Gasteiger partial charge is 0.339 e. The van der Waals surface area contributed by atoms with E-state index in [4.69, 9.17) is 19.7 Å². The monoisotopic (exact) mass is 273 g/mol. The van der Waals surface area contributed by atoms with Gasteiger partial charge < -0.3 is 14.6 Å². The zero-order valence-corrected chi connectivity index (χ0v) is 10.2. The Bertz CT molecular complexity index is 609. The third-order valence-corrected chi connectivity index (χ3v) is 3.27. The molecule has 0 aliphatic carbocycles. The molecule has 0 amide bonds. The fourth-order valence-corrected chi connectivity index (χ4v) is 2.14. The zero-order chi connectivity index (χ0) is 13.5. The van der Waals surface area contributed by atoms with E-state index in [0.717, 1.165) is 12.1 Å². The number of carboxylic acids is 1. The van der Waals surface area contributed by atoms with Crippen molar-refractivity contribution in [1.82, 2.24) is 0 Å². The highest BCUT2D eigenvalue weighted by Crippen LogP contribution is 2.37. The van der Waals surface area contributed by atoms with Crippen LogP contribution in [0.3, 0.4) is 0 Å². The van der Waals surface area contributed by atoms with Gasteiger partial charge in [0.25, 0.3) is 0 Å². The third kappa shape index (κ3) is 2.24. The Balaban J connectivity index is 2.67. The number of rotatable bonds is 2. The van der Waals surface area contributed by atoms with Crippen LogP contribution < -0.4 is 14.6 Å². The molecule has 0 saturated heterocycles. The molecule has 7 nitrogen and oxygen atoms in total. The molecule has 0 fully saturated rings. The minimum Gasteiger partial charge on any atom is -0.485 e. The van der Waals surface area contributed by atoms with Gasteiger partial charge in [-0.25, -0.2) is 18.4 Å². The minimum absolute atomic E-state index is 0.0213. The number of hydrogen-bond donors (Lipinski definition) is 2. The highest BCUT2D eigenvalue weighted by Gasteiger charge is 2.27. The van der Waals surface area contributed by atoms with Crippen molar-refractivity contribution >= 4 is 16.0 Å². The molecule has 98 valence electrons. The summed E-state index contributed by atoms with van der Waals surface area (Å²) in [5.41, 5.74) is -0.288. The number of carbonyl (C=O) groups is 1. The van der Waals surface area contributed by atoms with Gasteiger partial charge in [0, 0.05) is 6.07 Å². The zero-order valence-electron chi connectivity index (χ0n) is 9.41. The summed E-state index contributed by atoms with van der Waals surface area (Å²) in [6.45, 7) is 1.91. The van der Waals surface area contributed by atoms with E-state index in [2.05, 4.69) is 0 Å². The first-order chi connectivity index (χ1) is 8.29. The topological polar surface area (TPSA) is 116 Å². The van der Waals surface area contributed by atoms with Crippen molar-refractivity contribution in [2.75, 3.05) is 6.61 Å². The van der Waals surface area contributed by atoms with Gasteiger partial charge in [0.2, 0.25) is 10.0 Å². The summed E-state index contributed by atoms with van der Waals surface area (Å²) in [7, 11) is -4.01. The van der Waals surface area contributed by atoms with Crippen LogP contribution in [0.15, 0.2) is 17.0 Å². The van der Waals surface area contributed by atoms with Crippen LogP contribution in [0.25, 0.3) is 0 Å². The van der Waals surface area contributed by atoms with Crippen LogP contribution >= 0.6 is 0 Å². The molecule has 1 aliphatic heterocycles. The lowest BCUT2D eigenvalue weighted by atomic mass is 10.1. The van der Waals surface area contributed by atoms with Crippen molar-refractivity contribution in [3.05, 3.63) is 17.7 Å². The maximum atomic E-state index is 11.3. The second-order valence-electron chi connectivity index (χ2n) is 3.89. The molecule has 0 saturated carbocycles. The quantitative estimate of drug-likeness (QED) is 0.794. The van der Waals surface area contributed by atoms with Gasteiger partial charge in [-0.15, -0.1) is 0 Å². The van der Waals surface area contributed by atoms with E-state index in [9.17, 15) is 13.2 Å². The van der Waals surface area contributed by atoms with Gasteiger partial charge in [-0.3, -0.25) is 0 Å². The molecule has 1 aliphatic rings. The van der Waals surface area contributed by atoms with Crippen LogP contribution in [0.1, 0.15) is 17.3 Å². The van der Waals surface area contributed by atoms with Crippen molar-refractivity contribution in [2.45, 2.75) is 17.9 Å². The largest absolute Gasteiger partial charge is 0.485 e. The Morgan fingerprint density at radius 3 is 2.72 bits per heavy atom. The predicted molar refractivity (Wildman–Crippen MR) is 60.4 cm³/mol. The van der Waals surface area contributed by atoms with Gasteiger partial charge in [-0.05, 0) is 13.0 Å². The number of carboxylic acid groups (broad SMARTS) is 1. The number of ether oxygens (including phenoxy) is 2. The van der Waals surface area contributed by atoms with Crippen LogP contribution in [-0.2, 0) is 10.0 Å². The van der Waals surface area contributed by atoms with Crippen LogP contribution in [0.5, 0.6) is 11.5 Å². The average molecular weight is 273 g/mol. The van der Waals surface area contributed by atoms with E-state index in [1.54, 1.807) is 6.92 Å². The fourth-order valence-electron chi connectivity index (χ4n) is 1.59. The Morgan fingerprint density at radius 1 is 1.50 bits per heavy atom. The molecule has 2 rings (SSSR count). The molecule has 8 heteroatoms. The average Bonchev–Trinajstić information content (AvgIpc) is 2.25. The normalized spacial score (nSPS) is 18.4. The van der Waals surface area contributed by atoms with Gasteiger partial charge in [0.1, 0.15) is 18.3 Å². The van der Waals surface area contributed by atoms with Crippen LogP contribution in [-0.4, -0.2) is 32.2 Å². The number of fused-ring (bicyclic) bond motifs is 1. The Morgan fingerprint density at radius 2 is 2.17 bits per heavy atom. The first-order valence-electron chi connectivity index (χ1n) is 5.02. The van der Waals surface area contributed by atoms with Crippen LogP contribution in [0.4, 0.5) is 0 Å². The molecule has 1 aromatic rings. The summed E-state index contributed by atoms with van der Waals surface area (Å²) in [4.78, 5) is 10.7. The van der Waals surface area contributed by atoms with Gasteiger partial charge in [-0.2, -0.15) is 0 Å². The van der Waals surface area contributed by atoms with Crippen molar-refractivity contribution in [3.8, 4) is 11.5 Å².